The maximum absolute atomic E-state index is 5.48. The Hall–Kier alpha value is -1.66. The third-order valence-electron chi connectivity index (χ3n) is 3.44. The number of methoxy groups -OCH3 is 1. The zero-order valence-electron chi connectivity index (χ0n) is 11.2. The number of nitrogens with zero attached hydrogens (tertiary/aromatic N) is 3. The number of aryl methyl sites for hydroxylation is 1. The van der Waals surface area contributed by atoms with Gasteiger partial charge in [0.25, 0.3) is 0 Å². The Morgan fingerprint density at radius 2 is 2.37 bits per heavy atom. The van der Waals surface area contributed by atoms with Crippen molar-refractivity contribution in [3.8, 4) is 5.88 Å². The van der Waals surface area contributed by atoms with Crippen LogP contribution >= 0.6 is 0 Å². The van der Waals surface area contributed by atoms with E-state index in [-0.39, 0.29) is 6.04 Å². The molecule has 1 saturated heterocycles. The summed E-state index contributed by atoms with van der Waals surface area (Å²) in [5, 5.41) is 3.49. The molecule has 0 saturated carbocycles. The molecule has 6 nitrogen and oxygen atoms in total. The van der Waals surface area contributed by atoms with Crippen LogP contribution in [0, 0.1) is 0 Å². The van der Waals surface area contributed by atoms with Crippen LogP contribution in [0.1, 0.15) is 18.0 Å². The van der Waals surface area contributed by atoms with Crippen LogP contribution in [-0.4, -0.2) is 41.4 Å². The summed E-state index contributed by atoms with van der Waals surface area (Å²) >= 11 is 0. The zero-order valence-corrected chi connectivity index (χ0v) is 11.2. The Bertz CT molecular complexity index is 573. The van der Waals surface area contributed by atoms with Crippen molar-refractivity contribution in [2.24, 2.45) is 7.05 Å². The molecular formula is C13H18N4O2. The second-order valence-electron chi connectivity index (χ2n) is 4.69. The lowest BCUT2D eigenvalue weighted by Crippen LogP contribution is -2.22. The molecule has 1 atom stereocenters. The molecule has 0 radical (unpaired) electrons. The van der Waals surface area contributed by atoms with E-state index in [1.54, 1.807) is 13.3 Å². The van der Waals surface area contributed by atoms with Gasteiger partial charge >= 0.3 is 0 Å². The average Bonchev–Trinajstić information content (AvgIpc) is 2.64. The minimum absolute atomic E-state index is 0.272. The normalized spacial score (nSPS) is 20.4. The second kappa shape index (κ2) is 5.14. The first-order valence-corrected chi connectivity index (χ1v) is 6.46. The standard InChI is InChI=1S/C13H18N4O2/c1-17-8-9(10-3-5-19-6-4-14-10)12-13(17)16-11(18-2)7-15-12/h7-8,10,14H,3-6H2,1-2H3. The van der Waals surface area contributed by atoms with Crippen molar-refractivity contribution in [3.05, 3.63) is 18.0 Å². The fourth-order valence-electron chi connectivity index (χ4n) is 2.47. The number of fused-ring (bicyclic) bond motifs is 1. The molecule has 3 rings (SSSR count). The molecule has 1 fully saturated rings. The molecular weight excluding hydrogens is 244 g/mol. The highest BCUT2D eigenvalue weighted by Crippen LogP contribution is 2.27. The number of rotatable bonds is 2. The molecule has 2 aromatic heterocycles. The summed E-state index contributed by atoms with van der Waals surface area (Å²) in [4.78, 5) is 8.94. The van der Waals surface area contributed by atoms with Crippen LogP contribution in [0.5, 0.6) is 5.88 Å². The zero-order chi connectivity index (χ0) is 13.2. The molecule has 0 spiro atoms. The van der Waals surface area contributed by atoms with Crippen LogP contribution in [0.15, 0.2) is 12.4 Å². The maximum Gasteiger partial charge on any atom is 0.234 e. The lowest BCUT2D eigenvalue weighted by molar-refractivity contribution is 0.150. The van der Waals surface area contributed by atoms with Gasteiger partial charge in [0.1, 0.15) is 5.52 Å². The Labute approximate surface area is 111 Å². The Kier molecular flexibility index (Phi) is 3.35. The van der Waals surface area contributed by atoms with Crippen molar-refractivity contribution in [3.63, 3.8) is 0 Å². The fraction of sp³-hybridized carbons (Fsp3) is 0.538. The van der Waals surface area contributed by atoms with E-state index in [1.165, 1.54) is 5.56 Å². The Morgan fingerprint density at radius 3 is 3.21 bits per heavy atom. The molecule has 0 bridgehead atoms. The van der Waals surface area contributed by atoms with Crippen LogP contribution in [0.3, 0.4) is 0 Å². The van der Waals surface area contributed by atoms with E-state index in [1.807, 2.05) is 11.6 Å². The molecule has 1 unspecified atom stereocenters. The van der Waals surface area contributed by atoms with Gasteiger partial charge in [-0.3, -0.25) is 0 Å². The van der Waals surface area contributed by atoms with Gasteiger partial charge in [-0.25, -0.2) is 4.98 Å². The maximum atomic E-state index is 5.48. The van der Waals surface area contributed by atoms with Crippen LogP contribution < -0.4 is 10.1 Å². The van der Waals surface area contributed by atoms with Gasteiger partial charge in [0.2, 0.25) is 5.88 Å². The van der Waals surface area contributed by atoms with Crippen molar-refractivity contribution < 1.29 is 9.47 Å². The van der Waals surface area contributed by atoms with E-state index in [2.05, 4.69) is 21.5 Å². The van der Waals surface area contributed by atoms with Gasteiger partial charge in [-0.15, -0.1) is 0 Å². The number of hydrogen-bond donors (Lipinski definition) is 1. The van der Waals surface area contributed by atoms with Gasteiger partial charge in [0.15, 0.2) is 5.65 Å². The predicted octanol–water partition coefficient (Wildman–Crippen LogP) is 1.03. The second-order valence-corrected chi connectivity index (χ2v) is 4.69. The topological polar surface area (TPSA) is 61.2 Å². The molecule has 19 heavy (non-hydrogen) atoms. The molecule has 0 amide bonds. The van der Waals surface area contributed by atoms with E-state index < -0.39 is 0 Å². The monoisotopic (exact) mass is 262 g/mol. The number of ether oxygens (including phenoxy) is 2. The van der Waals surface area contributed by atoms with Gasteiger partial charge < -0.3 is 19.4 Å². The van der Waals surface area contributed by atoms with E-state index >= 15 is 0 Å². The van der Waals surface area contributed by atoms with Crippen molar-refractivity contribution in [1.82, 2.24) is 19.9 Å². The summed E-state index contributed by atoms with van der Waals surface area (Å²) in [6.45, 7) is 2.41. The Balaban J connectivity index is 2.03. The molecule has 0 aromatic carbocycles. The van der Waals surface area contributed by atoms with Gasteiger partial charge in [-0.2, -0.15) is 4.98 Å². The number of aromatic nitrogens is 3. The molecule has 2 aromatic rings. The van der Waals surface area contributed by atoms with Gasteiger partial charge in [0.05, 0.1) is 19.9 Å². The van der Waals surface area contributed by atoms with Crippen LogP contribution in [0.4, 0.5) is 0 Å². The van der Waals surface area contributed by atoms with Crippen molar-refractivity contribution in [2.75, 3.05) is 26.9 Å². The third-order valence-corrected chi connectivity index (χ3v) is 3.44. The number of nitrogens with one attached hydrogen (secondary N) is 1. The summed E-state index contributed by atoms with van der Waals surface area (Å²) in [6.07, 6.45) is 4.71. The third kappa shape index (κ3) is 2.29. The van der Waals surface area contributed by atoms with Crippen LogP contribution in [0.25, 0.3) is 11.2 Å². The smallest absolute Gasteiger partial charge is 0.234 e. The molecule has 1 N–H and O–H groups in total. The van der Waals surface area contributed by atoms with E-state index in [4.69, 9.17) is 9.47 Å². The minimum atomic E-state index is 0.272. The summed E-state index contributed by atoms with van der Waals surface area (Å²) in [5.41, 5.74) is 2.96. The summed E-state index contributed by atoms with van der Waals surface area (Å²) in [6, 6.07) is 0.272. The summed E-state index contributed by atoms with van der Waals surface area (Å²) < 4.78 is 12.6. The van der Waals surface area contributed by atoms with Crippen molar-refractivity contribution in [2.45, 2.75) is 12.5 Å². The molecule has 0 aliphatic carbocycles. The van der Waals surface area contributed by atoms with Crippen LogP contribution in [0.2, 0.25) is 0 Å². The molecule has 1 aliphatic rings. The first-order valence-electron chi connectivity index (χ1n) is 6.46. The lowest BCUT2D eigenvalue weighted by atomic mass is 10.1. The van der Waals surface area contributed by atoms with E-state index in [9.17, 15) is 0 Å². The molecule has 102 valence electrons. The van der Waals surface area contributed by atoms with Crippen molar-refractivity contribution >= 4 is 11.2 Å². The van der Waals surface area contributed by atoms with Gasteiger partial charge in [-0.1, -0.05) is 0 Å². The fourth-order valence-corrected chi connectivity index (χ4v) is 2.47. The molecule has 1 aliphatic heterocycles. The van der Waals surface area contributed by atoms with Gasteiger partial charge in [-0.05, 0) is 6.42 Å². The molecule has 6 heteroatoms. The van der Waals surface area contributed by atoms with E-state index in [0.717, 1.165) is 37.3 Å². The lowest BCUT2D eigenvalue weighted by Gasteiger charge is -2.13. The average molecular weight is 262 g/mol. The Morgan fingerprint density at radius 1 is 1.47 bits per heavy atom. The van der Waals surface area contributed by atoms with Crippen LogP contribution in [-0.2, 0) is 11.8 Å². The highest BCUT2D eigenvalue weighted by Gasteiger charge is 2.20. The van der Waals surface area contributed by atoms with E-state index in [0.29, 0.717) is 5.88 Å². The first-order chi connectivity index (χ1) is 9.29. The first kappa shape index (κ1) is 12.4. The van der Waals surface area contributed by atoms with Gasteiger partial charge in [0, 0.05) is 38.0 Å². The predicted molar refractivity (Wildman–Crippen MR) is 71.2 cm³/mol. The summed E-state index contributed by atoms with van der Waals surface area (Å²) in [5.74, 6) is 0.539. The highest BCUT2D eigenvalue weighted by atomic mass is 16.5. The van der Waals surface area contributed by atoms with Crippen molar-refractivity contribution in [1.29, 1.82) is 0 Å². The quantitative estimate of drug-likeness (QED) is 0.876. The summed E-state index contributed by atoms with van der Waals surface area (Å²) in [7, 11) is 3.58. The molecule has 3 heterocycles. The number of hydrogen-bond acceptors (Lipinski definition) is 5. The highest BCUT2D eigenvalue weighted by molar-refractivity contribution is 5.76. The largest absolute Gasteiger partial charge is 0.480 e. The SMILES string of the molecule is COc1cnc2c(C3CCOCCN3)cn(C)c2n1. The minimum Gasteiger partial charge on any atom is -0.480 e.